The summed E-state index contributed by atoms with van der Waals surface area (Å²) in [6.45, 7) is 2.49. The summed E-state index contributed by atoms with van der Waals surface area (Å²) >= 11 is 0. The number of anilines is 1. The Labute approximate surface area is 125 Å². The van der Waals surface area contributed by atoms with E-state index in [4.69, 9.17) is 5.73 Å². The molecule has 2 saturated heterocycles. The molecular formula is C16H23N3O2. The van der Waals surface area contributed by atoms with Crippen molar-refractivity contribution in [2.24, 2.45) is 5.92 Å². The van der Waals surface area contributed by atoms with Crippen LogP contribution in [0.1, 0.15) is 30.9 Å². The number of nitrogen functional groups attached to an aromatic ring is 1. The number of aliphatic hydroxyl groups excluding tert-OH is 1. The molecule has 0 spiro atoms. The molecule has 114 valence electrons. The van der Waals surface area contributed by atoms with Crippen LogP contribution in [-0.4, -0.2) is 41.6 Å². The molecule has 2 fully saturated rings. The molecule has 3 unspecified atom stereocenters. The van der Waals surface area contributed by atoms with E-state index in [1.807, 2.05) is 24.3 Å². The van der Waals surface area contributed by atoms with Crippen LogP contribution >= 0.6 is 0 Å². The second-order valence-electron chi connectivity index (χ2n) is 6.21. The number of piperidine rings is 2. The molecule has 1 amide bonds. The molecule has 0 bridgehead atoms. The average Bonchev–Trinajstić information content (AvgIpc) is 2.47. The minimum Gasteiger partial charge on any atom is -0.399 e. The first-order chi connectivity index (χ1) is 10.1. The molecule has 2 heterocycles. The smallest absolute Gasteiger partial charge is 0.220 e. The standard InChI is InChI=1S/C16H23N3O2/c17-13-3-1-2-11(8-13)15(20)10-19-7-6-14-12(9-19)4-5-16(21)18-14/h1-3,8,12,14-15,20H,4-7,9-10,17H2,(H,18,21). The maximum absolute atomic E-state index is 11.4. The van der Waals surface area contributed by atoms with Crippen LogP contribution in [0, 0.1) is 5.92 Å². The number of carbonyl (C=O) groups is 1. The minimum atomic E-state index is -0.511. The van der Waals surface area contributed by atoms with Gasteiger partial charge in [-0.2, -0.15) is 0 Å². The Morgan fingerprint density at radius 3 is 3.10 bits per heavy atom. The number of likely N-dealkylation sites (tertiary alicyclic amines) is 1. The number of nitrogens with two attached hydrogens (primary N) is 1. The van der Waals surface area contributed by atoms with E-state index in [1.54, 1.807) is 0 Å². The fourth-order valence-corrected chi connectivity index (χ4v) is 3.47. The van der Waals surface area contributed by atoms with E-state index in [9.17, 15) is 9.90 Å². The van der Waals surface area contributed by atoms with Gasteiger partial charge in [0.1, 0.15) is 0 Å². The van der Waals surface area contributed by atoms with Crippen LogP contribution in [0.4, 0.5) is 5.69 Å². The zero-order valence-corrected chi connectivity index (χ0v) is 12.2. The number of benzene rings is 1. The van der Waals surface area contributed by atoms with E-state index in [0.29, 0.717) is 30.6 Å². The first kappa shape index (κ1) is 14.4. The van der Waals surface area contributed by atoms with Crippen molar-refractivity contribution in [3.05, 3.63) is 29.8 Å². The Hall–Kier alpha value is -1.59. The van der Waals surface area contributed by atoms with Gasteiger partial charge in [0.05, 0.1) is 6.10 Å². The second-order valence-corrected chi connectivity index (χ2v) is 6.21. The summed E-state index contributed by atoms with van der Waals surface area (Å²) in [6.07, 6.45) is 2.05. The van der Waals surface area contributed by atoms with Gasteiger partial charge in [-0.3, -0.25) is 9.69 Å². The molecule has 1 aromatic rings. The van der Waals surface area contributed by atoms with Crippen LogP contribution in [0.2, 0.25) is 0 Å². The van der Waals surface area contributed by atoms with Gasteiger partial charge < -0.3 is 16.2 Å². The zero-order valence-electron chi connectivity index (χ0n) is 12.2. The van der Waals surface area contributed by atoms with Crippen molar-refractivity contribution in [1.82, 2.24) is 10.2 Å². The Balaban J connectivity index is 1.58. The van der Waals surface area contributed by atoms with E-state index in [0.717, 1.165) is 31.5 Å². The normalized spacial score (nSPS) is 27.8. The highest BCUT2D eigenvalue weighted by atomic mass is 16.3. The van der Waals surface area contributed by atoms with E-state index in [-0.39, 0.29) is 5.91 Å². The van der Waals surface area contributed by atoms with Crippen molar-refractivity contribution in [2.75, 3.05) is 25.4 Å². The molecule has 0 radical (unpaired) electrons. The Morgan fingerprint density at radius 1 is 1.43 bits per heavy atom. The van der Waals surface area contributed by atoms with E-state index in [2.05, 4.69) is 10.2 Å². The maximum Gasteiger partial charge on any atom is 0.220 e. The summed E-state index contributed by atoms with van der Waals surface area (Å²) in [5, 5.41) is 13.5. The molecule has 4 N–H and O–H groups in total. The third-order valence-corrected chi connectivity index (χ3v) is 4.63. The van der Waals surface area contributed by atoms with Gasteiger partial charge in [0, 0.05) is 37.8 Å². The van der Waals surface area contributed by atoms with Gasteiger partial charge in [-0.25, -0.2) is 0 Å². The summed E-state index contributed by atoms with van der Waals surface area (Å²) in [4.78, 5) is 13.7. The molecule has 2 aliphatic rings. The largest absolute Gasteiger partial charge is 0.399 e. The lowest BCUT2D eigenvalue weighted by molar-refractivity contribution is -0.125. The molecule has 2 aliphatic heterocycles. The number of β-amino-alcohol motifs (C(OH)–C–C–N with tert-alkyl or cyclic N) is 1. The van der Waals surface area contributed by atoms with Crippen molar-refractivity contribution < 1.29 is 9.90 Å². The van der Waals surface area contributed by atoms with Crippen LogP contribution in [-0.2, 0) is 4.79 Å². The number of nitrogens with one attached hydrogen (secondary N) is 1. The lowest BCUT2D eigenvalue weighted by Crippen LogP contribution is -2.54. The van der Waals surface area contributed by atoms with Crippen LogP contribution < -0.4 is 11.1 Å². The average molecular weight is 289 g/mol. The number of amides is 1. The lowest BCUT2D eigenvalue weighted by Gasteiger charge is -2.42. The molecule has 3 atom stereocenters. The van der Waals surface area contributed by atoms with Gasteiger partial charge in [0.15, 0.2) is 0 Å². The van der Waals surface area contributed by atoms with Crippen molar-refractivity contribution in [3.63, 3.8) is 0 Å². The van der Waals surface area contributed by atoms with Crippen LogP contribution in [0.3, 0.4) is 0 Å². The molecule has 0 saturated carbocycles. The van der Waals surface area contributed by atoms with Gasteiger partial charge in [-0.15, -0.1) is 0 Å². The Kier molecular flexibility index (Phi) is 4.12. The van der Waals surface area contributed by atoms with Crippen LogP contribution in [0.5, 0.6) is 0 Å². The van der Waals surface area contributed by atoms with Crippen molar-refractivity contribution in [1.29, 1.82) is 0 Å². The molecule has 0 aromatic heterocycles. The fourth-order valence-electron chi connectivity index (χ4n) is 3.47. The zero-order chi connectivity index (χ0) is 14.8. The fraction of sp³-hybridized carbons (Fsp3) is 0.562. The molecule has 5 nitrogen and oxygen atoms in total. The summed E-state index contributed by atoms with van der Waals surface area (Å²) in [5.74, 6) is 0.703. The number of carbonyl (C=O) groups excluding carboxylic acids is 1. The number of rotatable bonds is 3. The minimum absolute atomic E-state index is 0.185. The third kappa shape index (κ3) is 3.36. The topological polar surface area (TPSA) is 78.6 Å². The SMILES string of the molecule is Nc1cccc(C(O)CN2CCC3NC(=O)CCC3C2)c1. The quantitative estimate of drug-likeness (QED) is 0.723. The van der Waals surface area contributed by atoms with Crippen LogP contribution in [0.15, 0.2) is 24.3 Å². The van der Waals surface area contributed by atoms with Crippen molar-refractivity contribution >= 4 is 11.6 Å². The summed E-state index contributed by atoms with van der Waals surface area (Å²) in [7, 11) is 0. The van der Waals surface area contributed by atoms with Gasteiger partial charge in [-0.1, -0.05) is 12.1 Å². The van der Waals surface area contributed by atoms with E-state index < -0.39 is 6.10 Å². The summed E-state index contributed by atoms with van der Waals surface area (Å²) in [5.41, 5.74) is 7.32. The number of nitrogens with zero attached hydrogens (tertiary/aromatic N) is 1. The van der Waals surface area contributed by atoms with Gasteiger partial charge in [0.25, 0.3) is 0 Å². The highest BCUT2D eigenvalue weighted by Gasteiger charge is 2.34. The Bertz CT molecular complexity index is 520. The van der Waals surface area contributed by atoms with E-state index in [1.165, 1.54) is 0 Å². The first-order valence-electron chi connectivity index (χ1n) is 7.67. The molecular weight excluding hydrogens is 266 g/mol. The number of fused-ring (bicyclic) bond motifs is 1. The Morgan fingerprint density at radius 2 is 2.29 bits per heavy atom. The summed E-state index contributed by atoms with van der Waals surface area (Å²) < 4.78 is 0. The third-order valence-electron chi connectivity index (χ3n) is 4.63. The molecule has 1 aromatic carbocycles. The van der Waals surface area contributed by atoms with E-state index >= 15 is 0 Å². The van der Waals surface area contributed by atoms with Gasteiger partial charge in [-0.05, 0) is 36.5 Å². The predicted octanol–water partition coefficient (Wildman–Crippen LogP) is 0.903. The number of hydrogen-bond acceptors (Lipinski definition) is 4. The highest BCUT2D eigenvalue weighted by molar-refractivity contribution is 5.77. The van der Waals surface area contributed by atoms with Gasteiger partial charge in [0.2, 0.25) is 5.91 Å². The first-order valence-corrected chi connectivity index (χ1v) is 7.67. The molecule has 3 rings (SSSR count). The molecule has 0 aliphatic carbocycles. The number of hydrogen-bond donors (Lipinski definition) is 3. The second kappa shape index (κ2) is 6.03. The van der Waals surface area contributed by atoms with Crippen LogP contribution in [0.25, 0.3) is 0 Å². The van der Waals surface area contributed by atoms with Crippen molar-refractivity contribution in [2.45, 2.75) is 31.4 Å². The predicted molar refractivity (Wildman–Crippen MR) is 81.5 cm³/mol. The highest BCUT2D eigenvalue weighted by Crippen LogP contribution is 2.27. The van der Waals surface area contributed by atoms with Gasteiger partial charge >= 0.3 is 0 Å². The molecule has 5 heteroatoms. The monoisotopic (exact) mass is 289 g/mol. The number of aliphatic hydroxyl groups is 1. The van der Waals surface area contributed by atoms with Crippen molar-refractivity contribution in [3.8, 4) is 0 Å². The summed E-state index contributed by atoms with van der Waals surface area (Å²) in [6, 6.07) is 7.77. The maximum atomic E-state index is 11.4. The lowest BCUT2D eigenvalue weighted by atomic mass is 9.85. The molecule has 21 heavy (non-hydrogen) atoms.